The largest absolute Gasteiger partial charge is 0.350 e. The van der Waals surface area contributed by atoms with E-state index in [0.717, 1.165) is 11.3 Å². The molecule has 0 aliphatic heterocycles. The first-order valence-corrected chi connectivity index (χ1v) is 7.24. The minimum absolute atomic E-state index is 0.0615. The maximum atomic E-state index is 12.3. The molecule has 0 aliphatic carbocycles. The standard InChI is InChI=1S/C14H15ClN2OS/c1-14(2,11-5-3-4-6-12(11)15)13(18)16-7-10-8-19-9-17-10/h3-6,8-9H,7H2,1-2H3,(H,16,18). The van der Waals surface area contributed by atoms with Crippen molar-refractivity contribution in [3.63, 3.8) is 0 Å². The lowest BCUT2D eigenvalue weighted by Crippen LogP contribution is -2.39. The summed E-state index contributed by atoms with van der Waals surface area (Å²) in [5.74, 6) is -0.0615. The molecule has 2 aromatic rings. The summed E-state index contributed by atoms with van der Waals surface area (Å²) in [5, 5.41) is 5.42. The smallest absolute Gasteiger partial charge is 0.230 e. The van der Waals surface area contributed by atoms with Gasteiger partial charge < -0.3 is 5.32 Å². The Morgan fingerprint density at radius 1 is 1.42 bits per heavy atom. The number of rotatable bonds is 4. The number of carbonyl (C=O) groups is 1. The van der Waals surface area contributed by atoms with Crippen LogP contribution in [0.1, 0.15) is 25.1 Å². The number of nitrogens with one attached hydrogen (secondary N) is 1. The van der Waals surface area contributed by atoms with Gasteiger partial charge in [0.2, 0.25) is 5.91 Å². The van der Waals surface area contributed by atoms with Crippen LogP contribution in [-0.4, -0.2) is 10.9 Å². The Kier molecular flexibility index (Phi) is 4.22. The molecule has 0 aliphatic rings. The highest BCUT2D eigenvalue weighted by Gasteiger charge is 2.31. The van der Waals surface area contributed by atoms with Crippen molar-refractivity contribution in [1.29, 1.82) is 0 Å². The van der Waals surface area contributed by atoms with E-state index >= 15 is 0 Å². The van der Waals surface area contributed by atoms with Gasteiger partial charge in [0.05, 0.1) is 23.2 Å². The molecule has 1 amide bonds. The van der Waals surface area contributed by atoms with Crippen molar-refractivity contribution in [1.82, 2.24) is 10.3 Å². The van der Waals surface area contributed by atoms with Crippen LogP contribution < -0.4 is 5.32 Å². The molecule has 0 radical (unpaired) electrons. The van der Waals surface area contributed by atoms with Gasteiger partial charge in [-0.05, 0) is 25.5 Å². The lowest BCUT2D eigenvalue weighted by molar-refractivity contribution is -0.125. The average Bonchev–Trinajstić information content (AvgIpc) is 2.89. The van der Waals surface area contributed by atoms with E-state index in [1.165, 1.54) is 11.3 Å². The van der Waals surface area contributed by atoms with Crippen molar-refractivity contribution < 1.29 is 4.79 Å². The van der Waals surface area contributed by atoms with Crippen molar-refractivity contribution in [2.45, 2.75) is 25.8 Å². The minimum Gasteiger partial charge on any atom is -0.350 e. The molecule has 0 bridgehead atoms. The first-order chi connectivity index (χ1) is 9.01. The summed E-state index contributed by atoms with van der Waals surface area (Å²) < 4.78 is 0. The normalized spacial score (nSPS) is 11.3. The Balaban J connectivity index is 2.11. The molecule has 0 atom stereocenters. The fourth-order valence-corrected chi connectivity index (χ4v) is 2.74. The van der Waals surface area contributed by atoms with Crippen molar-refractivity contribution in [2.24, 2.45) is 0 Å². The Hall–Kier alpha value is -1.39. The van der Waals surface area contributed by atoms with Crippen LogP contribution in [0.5, 0.6) is 0 Å². The van der Waals surface area contributed by atoms with Crippen LogP contribution >= 0.6 is 22.9 Å². The van der Waals surface area contributed by atoms with Gasteiger partial charge in [0.15, 0.2) is 0 Å². The van der Waals surface area contributed by atoms with Gasteiger partial charge in [-0.25, -0.2) is 4.98 Å². The molecule has 2 rings (SSSR count). The number of halogens is 1. The van der Waals surface area contributed by atoms with Gasteiger partial charge in [0.25, 0.3) is 0 Å². The summed E-state index contributed by atoms with van der Waals surface area (Å²) in [5.41, 5.74) is 2.77. The van der Waals surface area contributed by atoms with E-state index in [4.69, 9.17) is 11.6 Å². The summed E-state index contributed by atoms with van der Waals surface area (Å²) >= 11 is 7.68. The molecule has 0 saturated carbocycles. The number of carbonyl (C=O) groups excluding carboxylic acids is 1. The highest BCUT2D eigenvalue weighted by molar-refractivity contribution is 7.07. The van der Waals surface area contributed by atoms with E-state index < -0.39 is 5.41 Å². The van der Waals surface area contributed by atoms with Gasteiger partial charge in [-0.2, -0.15) is 0 Å². The van der Waals surface area contributed by atoms with Gasteiger partial charge in [0, 0.05) is 10.4 Å². The SMILES string of the molecule is CC(C)(C(=O)NCc1cscn1)c1ccccc1Cl. The van der Waals surface area contributed by atoms with Gasteiger partial charge in [-0.15, -0.1) is 11.3 Å². The van der Waals surface area contributed by atoms with Crippen LogP contribution in [0, 0.1) is 0 Å². The molecule has 5 heteroatoms. The lowest BCUT2D eigenvalue weighted by Gasteiger charge is -2.25. The second-order valence-electron chi connectivity index (χ2n) is 4.77. The summed E-state index contributed by atoms with van der Waals surface area (Å²) in [6.45, 7) is 4.17. The number of aromatic nitrogens is 1. The van der Waals surface area contributed by atoms with E-state index in [1.54, 1.807) is 11.6 Å². The average molecular weight is 295 g/mol. The number of benzene rings is 1. The zero-order chi connectivity index (χ0) is 13.9. The van der Waals surface area contributed by atoms with Gasteiger partial charge in [-0.3, -0.25) is 4.79 Å². The summed E-state index contributed by atoms with van der Waals surface area (Å²) in [7, 11) is 0. The van der Waals surface area contributed by atoms with E-state index in [-0.39, 0.29) is 5.91 Å². The Morgan fingerprint density at radius 2 is 2.16 bits per heavy atom. The topological polar surface area (TPSA) is 42.0 Å². The van der Waals surface area contributed by atoms with E-state index in [0.29, 0.717) is 11.6 Å². The minimum atomic E-state index is -0.672. The number of hydrogen-bond acceptors (Lipinski definition) is 3. The zero-order valence-electron chi connectivity index (χ0n) is 10.8. The third kappa shape index (κ3) is 3.14. The van der Waals surface area contributed by atoms with E-state index in [9.17, 15) is 4.79 Å². The number of thiazole rings is 1. The molecule has 0 fully saturated rings. The van der Waals surface area contributed by atoms with Crippen molar-refractivity contribution in [3.8, 4) is 0 Å². The van der Waals surface area contributed by atoms with Crippen LogP contribution in [0.15, 0.2) is 35.2 Å². The maximum absolute atomic E-state index is 12.3. The fourth-order valence-electron chi connectivity index (χ4n) is 1.81. The van der Waals surface area contributed by atoms with Gasteiger partial charge in [-0.1, -0.05) is 29.8 Å². The lowest BCUT2D eigenvalue weighted by atomic mass is 9.83. The molecule has 1 heterocycles. The number of nitrogens with zero attached hydrogens (tertiary/aromatic N) is 1. The number of amides is 1. The summed E-state index contributed by atoms with van der Waals surface area (Å²) in [6, 6.07) is 7.42. The highest BCUT2D eigenvalue weighted by Crippen LogP contribution is 2.29. The molecule has 3 nitrogen and oxygen atoms in total. The van der Waals surface area contributed by atoms with Crippen LogP contribution in [0.25, 0.3) is 0 Å². The third-order valence-electron chi connectivity index (χ3n) is 3.03. The van der Waals surface area contributed by atoms with Crippen molar-refractivity contribution in [2.75, 3.05) is 0 Å². The summed E-state index contributed by atoms with van der Waals surface area (Å²) in [4.78, 5) is 16.5. The molecule has 0 spiro atoms. The van der Waals surface area contributed by atoms with Crippen LogP contribution in [0.2, 0.25) is 5.02 Å². The predicted octanol–water partition coefficient (Wildman–Crippen LogP) is 3.39. The summed E-state index contributed by atoms with van der Waals surface area (Å²) in [6.07, 6.45) is 0. The Morgan fingerprint density at radius 3 is 2.79 bits per heavy atom. The second kappa shape index (κ2) is 5.72. The molecule has 0 unspecified atom stereocenters. The van der Waals surface area contributed by atoms with Gasteiger partial charge in [0.1, 0.15) is 0 Å². The van der Waals surface area contributed by atoms with Crippen molar-refractivity contribution in [3.05, 3.63) is 51.4 Å². The second-order valence-corrected chi connectivity index (χ2v) is 5.89. The molecule has 0 saturated heterocycles. The Bertz CT molecular complexity index is 567. The molecule has 100 valence electrons. The van der Waals surface area contributed by atoms with Gasteiger partial charge >= 0.3 is 0 Å². The predicted molar refractivity (Wildman–Crippen MR) is 78.4 cm³/mol. The van der Waals surface area contributed by atoms with Crippen LogP contribution in [0.3, 0.4) is 0 Å². The van der Waals surface area contributed by atoms with Crippen molar-refractivity contribution >= 4 is 28.8 Å². The van der Waals surface area contributed by atoms with Crippen LogP contribution in [-0.2, 0) is 16.8 Å². The molecule has 1 N–H and O–H groups in total. The molecular weight excluding hydrogens is 280 g/mol. The molecule has 1 aromatic heterocycles. The first-order valence-electron chi connectivity index (χ1n) is 5.92. The highest BCUT2D eigenvalue weighted by atomic mass is 35.5. The zero-order valence-corrected chi connectivity index (χ0v) is 12.4. The quantitative estimate of drug-likeness (QED) is 0.939. The number of hydrogen-bond donors (Lipinski definition) is 1. The molecule has 1 aromatic carbocycles. The maximum Gasteiger partial charge on any atom is 0.230 e. The third-order valence-corrected chi connectivity index (χ3v) is 3.99. The Labute approximate surface area is 121 Å². The fraction of sp³-hybridized carbons (Fsp3) is 0.286. The van der Waals surface area contributed by atoms with E-state index in [2.05, 4.69) is 10.3 Å². The van der Waals surface area contributed by atoms with Crippen LogP contribution in [0.4, 0.5) is 0 Å². The first kappa shape index (κ1) is 14.0. The molecule has 19 heavy (non-hydrogen) atoms. The van der Waals surface area contributed by atoms with E-state index in [1.807, 2.05) is 37.4 Å². The monoisotopic (exact) mass is 294 g/mol. The molecular formula is C14H15ClN2OS.